The number of aryl methyl sites for hydroxylation is 1. The second kappa shape index (κ2) is 5.39. The van der Waals surface area contributed by atoms with Gasteiger partial charge >= 0.3 is 0 Å². The van der Waals surface area contributed by atoms with Gasteiger partial charge in [-0.2, -0.15) is 11.8 Å². The summed E-state index contributed by atoms with van der Waals surface area (Å²) in [6, 6.07) is 6.24. The maximum Gasteiger partial charge on any atom is 0.137 e. The summed E-state index contributed by atoms with van der Waals surface area (Å²) < 4.78 is 2.16. The number of nitrogens with zero attached hydrogens (tertiary/aromatic N) is 2. The summed E-state index contributed by atoms with van der Waals surface area (Å²) in [6.07, 6.45) is 4.73. The average Bonchev–Trinajstić information content (AvgIpc) is 2.69. The van der Waals surface area contributed by atoms with Crippen LogP contribution in [0.2, 0.25) is 0 Å². The molecule has 2 nitrogen and oxygen atoms in total. The van der Waals surface area contributed by atoms with Crippen LogP contribution in [-0.2, 0) is 5.75 Å². The van der Waals surface area contributed by atoms with Crippen LogP contribution in [0.4, 0.5) is 0 Å². The predicted molar refractivity (Wildman–Crippen MR) is 71.0 cm³/mol. The van der Waals surface area contributed by atoms with Gasteiger partial charge in [-0.05, 0) is 31.2 Å². The van der Waals surface area contributed by atoms with Crippen molar-refractivity contribution in [2.24, 2.45) is 0 Å². The van der Waals surface area contributed by atoms with Crippen molar-refractivity contribution in [2.75, 3.05) is 5.75 Å². The fourth-order valence-electron chi connectivity index (χ4n) is 1.69. The topological polar surface area (TPSA) is 17.3 Å². The third-order valence-corrected chi connectivity index (χ3v) is 3.72. The van der Waals surface area contributed by atoms with Gasteiger partial charge in [-0.15, -0.1) is 0 Å². The van der Waals surface area contributed by atoms with Crippen LogP contribution in [-0.4, -0.2) is 15.1 Å². The lowest BCUT2D eigenvalue weighted by Gasteiger charge is -1.96. The van der Waals surface area contributed by atoms with E-state index < -0.39 is 0 Å². The van der Waals surface area contributed by atoms with Gasteiger partial charge in [-0.1, -0.05) is 19.4 Å². The molecule has 0 spiro atoms. The maximum absolute atomic E-state index is 4.61. The Kier molecular flexibility index (Phi) is 3.88. The molecule has 0 amide bonds. The number of unbranched alkanes of at least 4 members (excludes halogenated alkanes) is 1. The molecule has 86 valence electrons. The third kappa shape index (κ3) is 2.59. The van der Waals surface area contributed by atoms with E-state index in [-0.39, 0.29) is 0 Å². The Hall–Kier alpha value is -0.960. The largest absolute Gasteiger partial charge is 0.304 e. The number of hydrogen-bond donors (Lipinski definition) is 0. The summed E-state index contributed by atoms with van der Waals surface area (Å²) in [7, 11) is 0. The molecule has 0 aliphatic rings. The van der Waals surface area contributed by atoms with Crippen molar-refractivity contribution < 1.29 is 0 Å². The van der Waals surface area contributed by atoms with Crippen LogP contribution < -0.4 is 0 Å². The number of rotatable bonds is 5. The van der Waals surface area contributed by atoms with E-state index in [1.54, 1.807) is 0 Å². The number of hydrogen-bond acceptors (Lipinski definition) is 2. The summed E-state index contributed by atoms with van der Waals surface area (Å²) in [5.74, 6) is 2.27. The molecule has 0 bridgehead atoms. The molecule has 0 aliphatic carbocycles. The van der Waals surface area contributed by atoms with Crippen molar-refractivity contribution in [1.82, 2.24) is 9.38 Å². The lowest BCUT2D eigenvalue weighted by molar-refractivity contribution is 0.896. The van der Waals surface area contributed by atoms with E-state index in [1.165, 1.54) is 30.0 Å². The van der Waals surface area contributed by atoms with Gasteiger partial charge in [-0.25, -0.2) is 4.98 Å². The molecule has 0 radical (unpaired) electrons. The molecule has 16 heavy (non-hydrogen) atoms. The van der Waals surface area contributed by atoms with Gasteiger partial charge in [0.15, 0.2) is 0 Å². The second-order valence-corrected chi connectivity index (χ2v) is 5.14. The number of fused-ring (bicyclic) bond motifs is 1. The minimum Gasteiger partial charge on any atom is -0.304 e. The lowest BCUT2D eigenvalue weighted by atomic mass is 10.4. The smallest absolute Gasteiger partial charge is 0.137 e. The van der Waals surface area contributed by atoms with Gasteiger partial charge in [0.2, 0.25) is 0 Å². The molecule has 2 heterocycles. The first kappa shape index (κ1) is 11.5. The normalized spacial score (nSPS) is 11.1. The van der Waals surface area contributed by atoms with Gasteiger partial charge in [0.05, 0.1) is 5.69 Å². The highest BCUT2D eigenvalue weighted by Gasteiger charge is 2.02. The molecule has 2 aromatic rings. The first-order chi connectivity index (χ1) is 7.81. The molecule has 0 fully saturated rings. The average molecular weight is 234 g/mol. The van der Waals surface area contributed by atoms with Crippen LogP contribution in [0.1, 0.15) is 31.2 Å². The summed E-state index contributed by atoms with van der Waals surface area (Å²) in [5, 5.41) is 0. The van der Waals surface area contributed by atoms with Crippen molar-refractivity contribution in [2.45, 2.75) is 32.4 Å². The number of pyridine rings is 1. The zero-order valence-electron chi connectivity index (χ0n) is 9.94. The molecular formula is C13H18N2S. The second-order valence-electron chi connectivity index (χ2n) is 4.03. The van der Waals surface area contributed by atoms with Crippen LogP contribution in [0.25, 0.3) is 5.65 Å². The number of thioether (sulfide) groups is 1. The zero-order chi connectivity index (χ0) is 11.4. The quantitative estimate of drug-likeness (QED) is 0.734. The van der Waals surface area contributed by atoms with Crippen molar-refractivity contribution >= 4 is 17.4 Å². The third-order valence-electron chi connectivity index (χ3n) is 2.64. The Morgan fingerprint density at radius 1 is 1.38 bits per heavy atom. The SMILES string of the molecule is CCCCSCc1cn2c(C)cccc2n1. The van der Waals surface area contributed by atoms with Crippen molar-refractivity contribution in [3.8, 4) is 0 Å². The van der Waals surface area contributed by atoms with E-state index in [1.807, 2.05) is 11.8 Å². The highest BCUT2D eigenvalue weighted by molar-refractivity contribution is 7.98. The monoisotopic (exact) mass is 234 g/mol. The van der Waals surface area contributed by atoms with Gasteiger partial charge in [0.1, 0.15) is 5.65 Å². The molecule has 0 N–H and O–H groups in total. The maximum atomic E-state index is 4.61. The van der Waals surface area contributed by atoms with Crippen LogP contribution in [0.3, 0.4) is 0 Å². The molecular weight excluding hydrogens is 216 g/mol. The standard InChI is InChI=1S/C13H18N2S/c1-3-4-8-16-10-12-9-15-11(2)6-5-7-13(15)14-12/h5-7,9H,3-4,8,10H2,1-2H3. The molecule has 2 rings (SSSR count). The Morgan fingerprint density at radius 3 is 3.00 bits per heavy atom. The van der Waals surface area contributed by atoms with Gasteiger partial charge in [0.25, 0.3) is 0 Å². The van der Waals surface area contributed by atoms with Crippen molar-refractivity contribution in [3.05, 3.63) is 35.8 Å². The molecule has 3 heteroatoms. The van der Waals surface area contributed by atoms with Gasteiger partial charge in [-0.3, -0.25) is 0 Å². The first-order valence-corrected chi connectivity index (χ1v) is 6.98. The fraction of sp³-hybridized carbons (Fsp3) is 0.462. The Bertz CT molecular complexity index is 462. The van der Waals surface area contributed by atoms with E-state index >= 15 is 0 Å². The summed E-state index contributed by atoms with van der Waals surface area (Å²) in [5.41, 5.74) is 3.50. The summed E-state index contributed by atoms with van der Waals surface area (Å²) in [6.45, 7) is 4.34. The Balaban J connectivity index is 2.05. The highest BCUT2D eigenvalue weighted by atomic mass is 32.2. The van der Waals surface area contributed by atoms with Crippen molar-refractivity contribution in [3.63, 3.8) is 0 Å². The van der Waals surface area contributed by atoms with Crippen LogP contribution in [0.5, 0.6) is 0 Å². The minimum absolute atomic E-state index is 1.03. The van der Waals surface area contributed by atoms with E-state index in [2.05, 4.69) is 47.6 Å². The van der Waals surface area contributed by atoms with E-state index in [9.17, 15) is 0 Å². The fourth-order valence-corrected chi connectivity index (χ4v) is 2.68. The molecule has 0 aromatic carbocycles. The van der Waals surface area contributed by atoms with Crippen LogP contribution in [0.15, 0.2) is 24.4 Å². The number of aromatic nitrogens is 2. The van der Waals surface area contributed by atoms with Crippen molar-refractivity contribution in [1.29, 1.82) is 0 Å². The summed E-state index contributed by atoms with van der Waals surface area (Å²) in [4.78, 5) is 4.61. The van der Waals surface area contributed by atoms with Gasteiger partial charge < -0.3 is 4.40 Å². The molecule has 0 saturated heterocycles. The van der Waals surface area contributed by atoms with E-state index in [4.69, 9.17) is 0 Å². The molecule has 0 unspecified atom stereocenters. The molecule has 0 aliphatic heterocycles. The Labute approximate surface area is 101 Å². The van der Waals surface area contributed by atoms with Crippen LogP contribution in [0, 0.1) is 6.92 Å². The minimum atomic E-state index is 1.03. The number of imidazole rings is 1. The lowest BCUT2D eigenvalue weighted by Crippen LogP contribution is -1.86. The first-order valence-electron chi connectivity index (χ1n) is 5.82. The predicted octanol–water partition coefficient (Wildman–Crippen LogP) is 3.68. The zero-order valence-corrected chi connectivity index (χ0v) is 10.8. The molecule has 2 aromatic heterocycles. The summed E-state index contributed by atoms with van der Waals surface area (Å²) >= 11 is 1.98. The Morgan fingerprint density at radius 2 is 2.25 bits per heavy atom. The molecule has 0 saturated carbocycles. The van der Waals surface area contributed by atoms with E-state index in [0.717, 1.165) is 11.4 Å². The van der Waals surface area contributed by atoms with E-state index in [0.29, 0.717) is 0 Å². The molecule has 0 atom stereocenters. The van der Waals surface area contributed by atoms with Gasteiger partial charge in [0, 0.05) is 17.6 Å². The highest BCUT2D eigenvalue weighted by Crippen LogP contribution is 2.15. The van der Waals surface area contributed by atoms with Crippen LogP contribution >= 0.6 is 11.8 Å².